The molecule has 6 rings (SSSR count). The van der Waals surface area contributed by atoms with Crippen LogP contribution in [0.25, 0.3) is 16.9 Å². The molecule has 1 aliphatic heterocycles. The predicted octanol–water partition coefficient (Wildman–Crippen LogP) is 5.19. The van der Waals surface area contributed by atoms with Crippen LogP contribution in [0.2, 0.25) is 0 Å². The maximum absolute atomic E-state index is 13.8. The highest BCUT2D eigenvalue weighted by Crippen LogP contribution is 2.45. The normalized spacial score (nSPS) is 20.7. The molecule has 0 aromatic carbocycles. The molecule has 0 unspecified atom stereocenters. The van der Waals surface area contributed by atoms with Gasteiger partial charge in [0.25, 0.3) is 5.91 Å². The van der Waals surface area contributed by atoms with Crippen LogP contribution in [0, 0.1) is 12.3 Å². The molecule has 0 N–H and O–H groups in total. The molecule has 0 bridgehead atoms. The van der Waals surface area contributed by atoms with Crippen molar-refractivity contribution < 1.29 is 4.79 Å². The van der Waals surface area contributed by atoms with Crippen LogP contribution in [-0.4, -0.2) is 43.6 Å². The molecule has 3 aromatic heterocycles. The number of nitrogens with zero attached hydrogens (tertiary/aromatic N) is 5. The molecule has 3 aliphatic rings. The number of aromatic nitrogens is 4. The molecule has 1 amide bonds. The fraction of sp³-hybridized carbons (Fsp3) is 0.538. The van der Waals surface area contributed by atoms with Gasteiger partial charge < -0.3 is 4.90 Å². The van der Waals surface area contributed by atoms with Gasteiger partial charge in [0.05, 0.1) is 16.6 Å². The van der Waals surface area contributed by atoms with Gasteiger partial charge >= 0.3 is 0 Å². The van der Waals surface area contributed by atoms with E-state index in [4.69, 9.17) is 10.1 Å². The molecule has 32 heavy (non-hydrogen) atoms. The molecule has 3 aromatic rings. The lowest BCUT2D eigenvalue weighted by atomic mass is 9.68. The molecule has 3 fully saturated rings. The molecular formula is C26H31N5O. The van der Waals surface area contributed by atoms with Crippen molar-refractivity contribution in [3.05, 3.63) is 47.4 Å². The quantitative estimate of drug-likeness (QED) is 0.575. The molecule has 1 spiro atoms. The average Bonchev–Trinajstić information content (AvgIpc) is 3.63. The molecule has 6 nitrogen and oxygen atoms in total. The van der Waals surface area contributed by atoms with Gasteiger partial charge in [-0.05, 0) is 69.1 Å². The van der Waals surface area contributed by atoms with Gasteiger partial charge in [-0.3, -0.25) is 4.79 Å². The maximum atomic E-state index is 13.8. The van der Waals surface area contributed by atoms with Gasteiger partial charge in [0.15, 0.2) is 11.5 Å². The highest BCUT2D eigenvalue weighted by Gasteiger charge is 2.38. The van der Waals surface area contributed by atoms with Gasteiger partial charge in [-0.2, -0.15) is 9.78 Å². The van der Waals surface area contributed by atoms with Crippen molar-refractivity contribution in [3.8, 4) is 5.82 Å². The van der Waals surface area contributed by atoms with Crippen LogP contribution in [0.15, 0.2) is 30.5 Å². The van der Waals surface area contributed by atoms with E-state index < -0.39 is 0 Å². The van der Waals surface area contributed by atoms with Gasteiger partial charge in [-0.15, -0.1) is 0 Å². The van der Waals surface area contributed by atoms with E-state index in [9.17, 15) is 4.79 Å². The van der Waals surface area contributed by atoms with Gasteiger partial charge in [0.2, 0.25) is 0 Å². The Kier molecular flexibility index (Phi) is 4.77. The molecule has 6 heteroatoms. The van der Waals surface area contributed by atoms with E-state index in [0.717, 1.165) is 72.6 Å². The second-order valence-electron chi connectivity index (χ2n) is 10.1. The number of likely N-dealkylation sites (tertiary alicyclic amines) is 1. The topological polar surface area (TPSA) is 63.9 Å². The lowest BCUT2D eigenvalue weighted by Gasteiger charge is -2.44. The fourth-order valence-electron chi connectivity index (χ4n) is 5.86. The predicted molar refractivity (Wildman–Crippen MR) is 124 cm³/mol. The summed E-state index contributed by atoms with van der Waals surface area (Å²) in [6, 6.07) is 7.85. The highest BCUT2D eigenvalue weighted by molar-refractivity contribution is 6.06. The Morgan fingerprint density at radius 3 is 2.53 bits per heavy atom. The number of carbonyl (C=O) groups excluding carboxylic acids is 1. The number of hydrogen-bond donors (Lipinski definition) is 0. The molecule has 0 radical (unpaired) electrons. The SMILES string of the molecule is Cc1nn(-c2ccccn2)c2nc(C3CC3)cc(C(=O)N3CCC4(CCCCC4)CC3)c12. The van der Waals surface area contributed by atoms with E-state index in [1.807, 2.05) is 25.1 Å². The summed E-state index contributed by atoms with van der Waals surface area (Å²) < 4.78 is 1.81. The van der Waals surface area contributed by atoms with E-state index in [-0.39, 0.29) is 5.91 Å². The average molecular weight is 430 g/mol. The van der Waals surface area contributed by atoms with Gasteiger partial charge in [-0.1, -0.05) is 25.3 Å². The number of piperidine rings is 1. The Morgan fingerprint density at radius 2 is 1.84 bits per heavy atom. The Balaban J connectivity index is 1.38. The van der Waals surface area contributed by atoms with Crippen molar-refractivity contribution in [2.75, 3.05) is 13.1 Å². The Morgan fingerprint density at radius 1 is 1.06 bits per heavy atom. The molecular weight excluding hydrogens is 398 g/mol. The van der Waals surface area contributed by atoms with E-state index in [1.54, 1.807) is 10.9 Å². The minimum absolute atomic E-state index is 0.147. The number of amides is 1. The molecule has 2 saturated carbocycles. The van der Waals surface area contributed by atoms with Crippen molar-refractivity contribution in [2.45, 2.75) is 70.6 Å². The van der Waals surface area contributed by atoms with Gasteiger partial charge in [0, 0.05) is 30.9 Å². The largest absolute Gasteiger partial charge is 0.339 e. The summed E-state index contributed by atoms with van der Waals surface area (Å²) in [7, 11) is 0. The summed E-state index contributed by atoms with van der Waals surface area (Å²) >= 11 is 0. The first-order valence-electron chi connectivity index (χ1n) is 12.2. The molecule has 2 aliphatic carbocycles. The van der Waals surface area contributed by atoms with Crippen LogP contribution in [-0.2, 0) is 0 Å². The Bertz CT molecular complexity index is 1150. The summed E-state index contributed by atoms with van der Waals surface area (Å²) in [6.45, 7) is 3.72. The molecule has 1 saturated heterocycles. The van der Waals surface area contributed by atoms with Crippen molar-refractivity contribution >= 4 is 16.9 Å². The fourth-order valence-corrected chi connectivity index (χ4v) is 5.86. The summed E-state index contributed by atoms with van der Waals surface area (Å²) in [6.07, 6.45) is 13.1. The Hall–Kier alpha value is -2.76. The minimum Gasteiger partial charge on any atom is -0.339 e. The maximum Gasteiger partial charge on any atom is 0.254 e. The molecule has 0 atom stereocenters. The second kappa shape index (κ2) is 7.68. The number of fused-ring (bicyclic) bond motifs is 1. The van der Waals surface area contributed by atoms with Gasteiger partial charge in [-0.25, -0.2) is 9.97 Å². The minimum atomic E-state index is 0.147. The third-order valence-corrected chi connectivity index (χ3v) is 7.95. The van der Waals surface area contributed by atoms with E-state index in [0.29, 0.717) is 11.3 Å². The van der Waals surface area contributed by atoms with Crippen LogP contribution in [0.5, 0.6) is 0 Å². The third kappa shape index (κ3) is 3.40. The van der Waals surface area contributed by atoms with Crippen LogP contribution in [0.4, 0.5) is 0 Å². The van der Waals surface area contributed by atoms with Crippen molar-refractivity contribution in [2.24, 2.45) is 5.41 Å². The summed E-state index contributed by atoms with van der Waals surface area (Å²) in [5.41, 5.74) is 3.89. The Labute approximate surface area is 189 Å². The summed E-state index contributed by atoms with van der Waals surface area (Å²) in [5, 5.41) is 5.64. The van der Waals surface area contributed by atoms with Crippen LogP contribution < -0.4 is 0 Å². The second-order valence-corrected chi connectivity index (χ2v) is 10.1. The zero-order valence-electron chi connectivity index (χ0n) is 18.9. The first kappa shape index (κ1) is 19.9. The van der Waals surface area contributed by atoms with Crippen molar-refractivity contribution in [1.29, 1.82) is 0 Å². The number of carbonyl (C=O) groups is 1. The number of rotatable bonds is 3. The van der Waals surface area contributed by atoms with Crippen LogP contribution >= 0.6 is 0 Å². The molecule has 166 valence electrons. The van der Waals surface area contributed by atoms with E-state index in [2.05, 4.69) is 16.0 Å². The summed E-state index contributed by atoms with van der Waals surface area (Å²) in [4.78, 5) is 25.4. The number of hydrogen-bond acceptors (Lipinski definition) is 4. The first-order chi connectivity index (χ1) is 15.6. The van der Waals surface area contributed by atoms with E-state index in [1.165, 1.54) is 32.1 Å². The third-order valence-electron chi connectivity index (χ3n) is 7.95. The van der Waals surface area contributed by atoms with Gasteiger partial charge in [0.1, 0.15) is 0 Å². The van der Waals surface area contributed by atoms with E-state index >= 15 is 0 Å². The lowest BCUT2D eigenvalue weighted by Crippen LogP contribution is -2.44. The van der Waals surface area contributed by atoms with Crippen molar-refractivity contribution in [3.63, 3.8) is 0 Å². The highest BCUT2D eigenvalue weighted by atomic mass is 16.2. The van der Waals surface area contributed by atoms with Crippen LogP contribution in [0.3, 0.4) is 0 Å². The smallest absolute Gasteiger partial charge is 0.254 e. The van der Waals surface area contributed by atoms with Crippen LogP contribution in [0.1, 0.15) is 85.5 Å². The zero-order chi connectivity index (χ0) is 21.7. The number of pyridine rings is 2. The first-order valence-corrected chi connectivity index (χ1v) is 12.2. The standard InChI is InChI=1S/C26H31N5O/c1-18-23-20(25(32)30-15-12-26(13-16-30)10-4-2-5-11-26)17-21(19-8-9-19)28-24(23)31(29-18)22-7-3-6-14-27-22/h3,6-7,14,17,19H,2,4-5,8-13,15-16H2,1H3. The summed E-state index contributed by atoms with van der Waals surface area (Å²) in [5.74, 6) is 1.35. The number of aryl methyl sites for hydroxylation is 1. The zero-order valence-corrected chi connectivity index (χ0v) is 18.9. The van der Waals surface area contributed by atoms with Crippen molar-refractivity contribution in [1.82, 2.24) is 24.6 Å². The molecule has 4 heterocycles. The lowest BCUT2D eigenvalue weighted by molar-refractivity contribution is 0.0473. The monoisotopic (exact) mass is 429 g/mol.